The average Bonchev–Trinajstić information content (AvgIpc) is 2.66. The monoisotopic (exact) mass is 235 g/mol. The van der Waals surface area contributed by atoms with Gasteiger partial charge in [0.05, 0.1) is 5.56 Å². The summed E-state index contributed by atoms with van der Waals surface area (Å²) in [7, 11) is 0. The van der Waals surface area contributed by atoms with Gasteiger partial charge in [-0.05, 0) is 30.2 Å². The Morgan fingerprint density at radius 1 is 1.31 bits per heavy atom. The van der Waals surface area contributed by atoms with Crippen molar-refractivity contribution in [2.45, 2.75) is 6.92 Å². The fraction of sp³-hybridized carbons (Fsp3) is 0.0833. The van der Waals surface area contributed by atoms with Crippen LogP contribution in [0.5, 0.6) is 0 Å². The van der Waals surface area contributed by atoms with E-state index in [1.807, 2.05) is 19.1 Å². The zero-order valence-corrected chi connectivity index (χ0v) is 9.38. The molecule has 1 aromatic heterocycles. The van der Waals surface area contributed by atoms with E-state index >= 15 is 0 Å². The first-order valence-corrected chi connectivity index (χ1v) is 5.14. The summed E-state index contributed by atoms with van der Waals surface area (Å²) >= 11 is 5.86. The van der Waals surface area contributed by atoms with Crippen molar-refractivity contribution in [3.05, 3.63) is 46.7 Å². The molecular formula is C12H10ClNO2. The van der Waals surface area contributed by atoms with E-state index < -0.39 is 5.97 Å². The van der Waals surface area contributed by atoms with Gasteiger partial charge in [-0.25, -0.2) is 4.79 Å². The maximum absolute atomic E-state index is 11.0. The highest BCUT2D eigenvalue weighted by Crippen LogP contribution is 2.28. The fourth-order valence-electron chi connectivity index (χ4n) is 1.69. The van der Waals surface area contributed by atoms with Crippen LogP contribution in [0.15, 0.2) is 30.6 Å². The molecule has 2 aromatic rings. The summed E-state index contributed by atoms with van der Waals surface area (Å²) in [5, 5.41) is 9.66. The van der Waals surface area contributed by atoms with Crippen LogP contribution in [0.1, 0.15) is 15.9 Å². The van der Waals surface area contributed by atoms with Gasteiger partial charge in [-0.15, -0.1) is 0 Å². The van der Waals surface area contributed by atoms with Gasteiger partial charge < -0.3 is 10.1 Å². The van der Waals surface area contributed by atoms with Gasteiger partial charge in [-0.3, -0.25) is 0 Å². The van der Waals surface area contributed by atoms with Crippen LogP contribution in [0, 0.1) is 6.92 Å². The number of H-pyrrole nitrogens is 1. The zero-order valence-electron chi connectivity index (χ0n) is 8.62. The quantitative estimate of drug-likeness (QED) is 0.839. The number of halogens is 1. The third kappa shape index (κ3) is 1.82. The van der Waals surface area contributed by atoms with Gasteiger partial charge >= 0.3 is 5.97 Å². The van der Waals surface area contributed by atoms with Crippen molar-refractivity contribution in [1.82, 2.24) is 4.98 Å². The van der Waals surface area contributed by atoms with Gasteiger partial charge in [0, 0.05) is 23.0 Å². The van der Waals surface area contributed by atoms with Crippen LogP contribution < -0.4 is 0 Å². The van der Waals surface area contributed by atoms with E-state index in [2.05, 4.69) is 4.98 Å². The molecule has 1 heterocycles. The van der Waals surface area contributed by atoms with Gasteiger partial charge in [0.1, 0.15) is 0 Å². The van der Waals surface area contributed by atoms with Crippen LogP contribution in [0.2, 0.25) is 5.02 Å². The summed E-state index contributed by atoms with van der Waals surface area (Å²) in [4.78, 5) is 13.8. The lowest BCUT2D eigenvalue weighted by Crippen LogP contribution is -1.96. The van der Waals surface area contributed by atoms with Crippen LogP contribution in [0.3, 0.4) is 0 Å². The number of carboxylic acids is 1. The summed E-state index contributed by atoms with van der Waals surface area (Å²) < 4.78 is 0. The molecule has 0 fully saturated rings. The topological polar surface area (TPSA) is 53.1 Å². The van der Waals surface area contributed by atoms with E-state index in [1.54, 1.807) is 12.3 Å². The number of rotatable bonds is 2. The molecule has 4 heteroatoms. The smallest absolute Gasteiger partial charge is 0.337 e. The predicted octanol–water partition coefficient (Wildman–Crippen LogP) is 3.34. The third-order valence-corrected chi connectivity index (χ3v) is 2.69. The van der Waals surface area contributed by atoms with Crippen LogP contribution in [0.25, 0.3) is 11.1 Å². The second-order valence-electron chi connectivity index (χ2n) is 3.55. The van der Waals surface area contributed by atoms with Crippen molar-refractivity contribution in [3.8, 4) is 11.1 Å². The molecule has 0 amide bonds. The predicted molar refractivity (Wildman–Crippen MR) is 62.9 cm³/mol. The minimum absolute atomic E-state index is 0.269. The van der Waals surface area contributed by atoms with Crippen molar-refractivity contribution in [1.29, 1.82) is 0 Å². The fourth-order valence-corrected chi connectivity index (χ4v) is 1.92. The molecule has 2 rings (SSSR count). The lowest BCUT2D eigenvalue weighted by molar-refractivity contribution is 0.0698. The van der Waals surface area contributed by atoms with Crippen LogP contribution >= 0.6 is 11.6 Å². The Balaban J connectivity index is 2.59. The third-order valence-electron chi connectivity index (χ3n) is 2.45. The highest BCUT2D eigenvalue weighted by atomic mass is 35.5. The number of hydrogen-bond donors (Lipinski definition) is 2. The first-order valence-electron chi connectivity index (χ1n) is 4.76. The second kappa shape index (κ2) is 4.02. The molecule has 2 N–H and O–H groups in total. The highest BCUT2D eigenvalue weighted by molar-refractivity contribution is 6.30. The zero-order chi connectivity index (χ0) is 11.7. The molecular weight excluding hydrogens is 226 g/mol. The molecule has 0 saturated carbocycles. The minimum Gasteiger partial charge on any atom is -0.478 e. The van der Waals surface area contributed by atoms with Crippen LogP contribution in [-0.2, 0) is 0 Å². The summed E-state index contributed by atoms with van der Waals surface area (Å²) in [6.07, 6.45) is 3.16. The number of carbonyl (C=O) groups is 1. The molecule has 0 bridgehead atoms. The molecule has 16 heavy (non-hydrogen) atoms. The standard InChI is InChI=1S/C12H10ClNO2/c1-7-4-8(13)2-3-9(7)10-5-14-6-11(10)12(15)16/h2-6,14H,1H3,(H,15,16). The van der Waals surface area contributed by atoms with Crippen LogP contribution in [-0.4, -0.2) is 16.1 Å². The molecule has 0 aliphatic heterocycles. The first kappa shape index (κ1) is 10.8. The first-order chi connectivity index (χ1) is 7.59. The maximum Gasteiger partial charge on any atom is 0.337 e. The van der Waals surface area contributed by atoms with Crippen molar-refractivity contribution in [2.75, 3.05) is 0 Å². The Hall–Kier alpha value is -1.74. The molecule has 0 spiro atoms. The van der Waals surface area contributed by atoms with Gasteiger partial charge in [-0.2, -0.15) is 0 Å². The van der Waals surface area contributed by atoms with E-state index in [9.17, 15) is 4.79 Å². The molecule has 0 aliphatic carbocycles. The van der Waals surface area contributed by atoms with Gasteiger partial charge in [0.2, 0.25) is 0 Å². The molecule has 3 nitrogen and oxygen atoms in total. The van der Waals surface area contributed by atoms with E-state index in [4.69, 9.17) is 16.7 Å². The number of aromatic nitrogens is 1. The average molecular weight is 236 g/mol. The number of hydrogen-bond acceptors (Lipinski definition) is 1. The van der Waals surface area contributed by atoms with Gasteiger partial charge in [0.15, 0.2) is 0 Å². The number of carboxylic acid groups (broad SMARTS) is 1. The van der Waals surface area contributed by atoms with E-state index in [-0.39, 0.29) is 5.56 Å². The van der Waals surface area contributed by atoms with E-state index in [1.165, 1.54) is 6.20 Å². The SMILES string of the molecule is Cc1cc(Cl)ccc1-c1c[nH]cc1C(=O)O. The van der Waals surface area contributed by atoms with Crippen LogP contribution in [0.4, 0.5) is 0 Å². The number of nitrogens with one attached hydrogen (secondary N) is 1. The van der Waals surface area contributed by atoms with Gasteiger partial charge in [0.25, 0.3) is 0 Å². The Kier molecular flexibility index (Phi) is 2.71. The Morgan fingerprint density at radius 2 is 2.06 bits per heavy atom. The molecule has 1 aromatic carbocycles. The Morgan fingerprint density at radius 3 is 2.69 bits per heavy atom. The highest BCUT2D eigenvalue weighted by Gasteiger charge is 2.13. The minimum atomic E-state index is -0.939. The molecule has 0 radical (unpaired) electrons. The summed E-state index contributed by atoms with van der Waals surface area (Å²) in [6.45, 7) is 1.90. The van der Waals surface area contributed by atoms with E-state index in [0.717, 1.165) is 11.1 Å². The molecule has 82 valence electrons. The summed E-state index contributed by atoms with van der Waals surface area (Å²) in [6, 6.07) is 5.39. The normalized spacial score (nSPS) is 10.4. The van der Waals surface area contributed by atoms with Gasteiger partial charge in [-0.1, -0.05) is 17.7 Å². The molecule has 0 atom stereocenters. The lowest BCUT2D eigenvalue weighted by Gasteiger charge is -2.05. The van der Waals surface area contributed by atoms with Crippen molar-refractivity contribution >= 4 is 17.6 Å². The van der Waals surface area contributed by atoms with E-state index in [0.29, 0.717) is 10.6 Å². The molecule has 0 aliphatic rings. The second-order valence-corrected chi connectivity index (χ2v) is 3.98. The van der Waals surface area contributed by atoms with Crippen molar-refractivity contribution < 1.29 is 9.90 Å². The molecule has 0 unspecified atom stereocenters. The van der Waals surface area contributed by atoms with Crippen molar-refractivity contribution in [2.24, 2.45) is 0 Å². The Labute approximate surface area is 97.7 Å². The number of aryl methyl sites for hydroxylation is 1. The number of benzene rings is 1. The lowest BCUT2D eigenvalue weighted by atomic mass is 10.00. The van der Waals surface area contributed by atoms with Crippen molar-refractivity contribution in [3.63, 3.8) is 0 Å². The summed E-state index contributed by atoms with van der Waals surface area (Å²) in [5.41, 5.74) is 2.78. The maximum atomic E-state index is 11.0. The largest absolute Gasteiger partial charge is 0.478 e. The number of aromatic amines is 1. The molecule has 0 saturated heterocycles. The number of aromatic carboxylic acids is 1. The summed E-state index contributed by atoms with van der Waals surface area (Å²) in [5.74, 6) is -0.939. The Bertz CT molecular complexity index is 546.